The summed E-state index contributed by atoms with van der Waals surface area (Å²) in [6.45, 7) is 4.56. The van der Waals surface area contributed by atoms with E-state index in [-0.39, 0.29) is 11.6 Å². The zero-order chi connectivity index (χ0) is 10.6. The maximum absolute atomic E-state index is 11.0. The van der Waals surface area contributed by atoms with Gasteiger partial charge in [0.1, 0.15) is 11.4 Å². The molecule has 0 bridgehead atoms. The highest BCUT2D eigenvalue weighted by atomic mass is 35.5. The molecule has 0 aromatic heterocycles. The van der Waals surface area contributed by atoms with Crippen LogP contribution >= 0.6 is 11.6 Å². The van der Waals surface area contributed by atoms with E-state index >= 15 is 0 Å². The minimum Gasteiger partial charge on any atom is -0.411 e. The fraction of sp³-hybridized carbons (Fsp3) is 0.714. The predicted molar refractivity (Wildman–Crippen MR) is 48.3 cm³/mol. The number of hydroxylamine groups is 2. The summed E-state index contributed by atoms with van der Waals surface area (Å²) in [7, 11) is 0. The van der Waals surface area contributed by atoms with Crippen LogP contribution in [0.4, 0.5) is 0 Å². The van der Waals surface area contributed by atoms with Crippen LogP contribution in [0.3, 0.4) is 0 Å². The Morgan fingerprint density at radius 3 is 2.38 bits per heavy atom. The average molecular weight is 209 g/mol. The molecule has 0 heterocycles. The molecule has 0 aromatic rings. The van der Waals surface area contributed by atoms with Crippen molar-refractivity contribution in [3.05, 3.63) is 0 Å². The summed E-state index contributed by atoms with van der Waals surface area (Å²) in [4.78, 5) is 11.0. The molecule has 6 heteroatoms. The van der Waals surface area contributed by atoms with Gasteiger partial charge < -0.3 is 5.21 Å². The monoisotopic (exact) mass is 208 g/mol. The molecular weight excluding hydrogens is 196 g/mol. The van der Waals surface area contributed by atoms with Crippen LogP contribution in [0.2, 0.25) is 0 Å². The summed E-state index contributed by atoms with van der Waals surface area (Å²) >= 11 is 5.25. The van der Waals surface area contributed by atoms with E-state index in [0.29, 0.717) is 5.06 Å². The van der Waals surface area contributed by atoms with Crippen LogP contribution in [0.25, 0.3) is 0 Å². The summed E-state index contributed by atoms with van der Waals surface area (Å²) < 4.78 is 0. The van der Waals surface area contributed by atoms with Gasteiger partial charge in [0.05, 0.1) is 5.71 Å². The van der Waals surface area contributed by atoms with Crippen LogP contribution < -0.4 is 0 Å². The number of halogens is 1. The summed E-state index contributed by atoms with van der Waals surface area (Å²) in [6, 6.07) is 0. The van der Waals surface area contributed by atoms with Crippen molar-refractivity contribution in [2.75, 3.05) is 5.88 Å². The van der Waals surface area contributed by atoms with E-state index in [1.807, 2.05) is 0 Å². The Labute approximate surface area is 81.5 Å². The first-order chi connectivity index (χ1) is 5.87. The molecule has 1 amide bonds. The summed E-state index contributed by atoms with van der Waals surface area (Å²) in [6.07, 6.45) is 0. The summed E-state index contributed by atoms with van der Waals surface area (Å²) in [5, 5.41) is 21.2. The van der Waals surface area contributed by atoms with Gasteiger partial charge in [-0.15, -0.1) is 11.6 Å². The second kappa shape index (κ2) is 4.43. The van der Waals surface area contributed by atoms with E-state index in [0.717, 1.165) is 0 Å². The number of nitrogens with zero attached hydrogens (tertiary/aromatic N) is 2. The van der Waals surface area contributed by atoms with E-state index in [1.54, 1.807) is 0 Å². The molecular formula is C7H13ClN2O3. The van der Waals surface area contributed by atoms with Crippen molar-refractivity contribution in [3.8, 4) is 0 Å². The van der Waals surface area contributed by atoms with Gasteiger partial charge in [-0.3, -0.25) is 10.0 Å². The fourth-order valence-corrected chi connectivity index (χ4v) is 0.757. The van der Waals surface area contributed by atoms with Crippen molar-refractivity contribution in [3.63, 3.8) is 0 Å². The van der Waals surface area contributed by atoms with Gasteiger partial charge in [0.25, 0.3) is 5.91 Å². The zero-order valence-electron chi connectivity index (χ0n) is 7.78. The number of hydrogen-bond acceptors (Lipinski definition) is 4. The normalized spacial score (nSPS) is 12.8. The molecule has 2 N–H and O–H groups in total. The standard InChI is InChI=1S/C7H13ClN2O3/c1-5(9-12)7(2,3)10(13)6(11)4-8/h12-13H,4H2,1-3H3/b9-5+. The van der Waals surface area contributed by atoms with E-state index in [4.69, 9.17) is 16.8 Å². The number of carbonyl (C=O) groups is 1. The number of rotatable bonds is 3. The van der Waals surface area contributed by atoms with Gasteiger partial charge in [-0.25, -0.2) is 5.06 Å². The van der Waals surface area contributed by atoms with Crippen LogP contribution in [-0.4, -0.2) is 38.5 Å². The second-order valence-corrected chi connectivity index (χ2v) is 3.35. The largest absolute Gasteiger partial charge is 0.411 e. The topological polar surface area (TPSA) is 73.1 Å². The van der Waals surface area contributed by atoms with Gasteiger partial charge in [0, 0.05) is 0 Å². The molecule has 0 fully saturated rings. The quantitative estimate of drug-likeness (QED) is 0.240. The lowest BCUT2D eigenvalue weighted by Gasteiger charge is -2.31. The SMILES string of the molecule is C/C(=N\O)C(C)(C)N(O)C(=O)CCl. The van der Waals surface area contributed by atoms with Crippen LogP contribution in [0.5, 0.6) is 0 Å². The van der Waals surface area contributed by atoms with Gasteiger partial charge in [-0.1, -0.05) is 5.16 Å². The minimum atomic E-state index is -1.05. The highest BCUT2D eigenvalue weighted by molar-refractivity contribution is 6.27. The van der Waals surface area contributed by atoms with E-state index in [2.05, 4.69) is 5.16 Å². The van der Waals surface area contributed by atoms with Crippen molar-refractivity contribution >= 4 is 23.2 Å². The molecule has 0 aliphatic rings. The third-order valence-electron chi connectivity index (χ3n) is 1.92. The number of amides is 1. The molecule has 0 saturated heterocycles. The fourth-order valence-electron chi connectivity index (χ4n) is 0.644. The van der Waals surface area contributed by atoms with Gasteiger partial charge >= 0.3 is 0 Å². The smallest absolute Gasteiger partial charge is 0.261 e. The number of oxime groups is 1. The Bertz CT molecular complexity index is 228. The third-order valence-corrected chi connectivity index (χ3v) is 2.14. The Kier molecular flexibility index (Phi) is 4.16. The molecule has 0 spiro atoms. The van der Waals surface area contributed by atoms with E-state index in [1.165, 1.54) is 20.8 Å². The van der Waals surface area contributed by atoms with Crippen molar-refractivity contribution in [2.45, 2.75) is 26.3 Å². The van der Waals surface area contributed by atoms with Crippen LogP contribution in [-0.2, 0) is 4.79 Å². The molecule has 0 unspecified atom stereocenters. The highest BCUT2D eigenvalue weighted by Crippen LogP contribution is 2.14. The number of alkyl halides is 1. The Morgan fingerprint density at radius 1 is 1.62 bits per heavy atom. The summed E-state index contributed by atoms with van der Waals surface area (Å²) in [5.41, 5.74) is -0.839. The first kappa shape index (κ1) is 12.2. The Balaban J connectivity index is 4.73. The van der Waals surface area contributed by atoms with Crippen LogP contribution in [0.15, 0.2) is 5.16 Å². The lowest BCUT2D eigenvalue weighted by atomic mass is 9.99. The number of carbonyl (C=O) groups excluding carboxylic acids is 1. The zero-order valence-corrected chi connectivity index (χ0v) is 8.54. The van der Waals surface area contributed by atoms with E-state index in [9.17, 15) is 10.0 Å². The minimum absolute atomic E-state index is 0.216. The predicted octanol–water partition coefficient (Wildman–Crippen LogP) is 1.07. The lowest BCUT2D eigenvalue weighted by molar-refractivity contribution is -0.177. The molecule has 0 rings (SSSR count). The van der Waals surface area contributed by atoms with Gasteiger partial charge in [0.2, 0.25) is 0 Å². The maximum atomic E-state index is 11.0. The van der Waals surface area contributed by atoms with E-state index < -0.39 is 11.4 Å². The molecule has 0 aromatic carbocycles. The molecule has 0 atom stereocenters. The molecule has 76 valence electrons. The maximum Gasteiger partial charge on any atom is 0.261 e. The van der Waals surface area contributed by atoms with Crippen molar-refractivity contribution in [1.29, 1.82) is 0 Å². The molecule has 0 aliphatic carbocycles. The number of hydrogen-bond donors (Lipinski definition) is 2. The molecule has 0 radical (unpaired) electrons. The second-order valence-electron chi connectivity index (χ2n) is 3.08. The molecule has 0 saturated carbocycles. The molecule has 0 aliphatic heterocycles. The van der Waals surface area contributed by atoms with Crippen molar-refractivity contribution in [2.24, 2.45) is 5.16 Å². The van der Waals surface area contributed by atoms with Gasteiger partial charge in [-0.2, -0.15) is 0 Å². The van der Waals surface area contributed by atoms with Gasteiger partial charge in [0.15, 0.2) is 0 Å². The Hall–Kier alpha value is -0.810. The van der Waals surface area contributed by atoms with Crippen LogP contribution in [0.1, 0.15) is 20.8 Å². The lowest BCUT2D eigenvalue weighted by Crippen LogP contribution is -2.50. The summed E-state index contributed by atoms with van der Waals surface area (Å²) in [5.74, 6) is -0.965. The van der Waals surface area contributed by atoms with Crippen LogP contribution in [0, 0.1) is 0 Å². The first-order valence-corrected chi connectivity index (χ1v) is 4.18. The Morgan fingerprint density at radius 2 is 2.08 bits per heavy atom. The van der Waals surface area contributed by atoms with Crippen molar-refractivity contribution in [1.82, 2.24) is 5.06 Å². The highest BCUT2D eigenvalue weighted by Gasteiger charge is 2.32. The van der Waals surface area contributed by atoms with Crippen molar-refractivity contribution < 1.29 is 15.2 Å². The average Bonchev–Trinajstić information content (AvgIpc) is 2.13. The van der Waals surface area contributed by atoms with Gasteiger partial charge in [-0.05, 0) is 20.8 Å². The molecule has 13 heavy (non-hydrogen) atoms. The molecule has 5 nitrogen and oxygen atoms in total. The third kappa shape index (κ3) is 2.57. The first-order valence-electron chi connectivity index (χ1n) is 3.65.